The Hall–Kier alpha value is -2.26. The van der Waals surface area contributed by atoms with Gasteiger partial charge >= 0.3 is 6.18 Å². The number of anilines is 1. The van der Waals surface area contributed by atoms with E-state index in [4.69, 9.17) is 9.47 Å². The van der Waals surface area contributed by atoms with Crippen molar-refractivity contribution in [2.45, 2.75) is 38.3 Å². The zero-order valence-electron chi connectivity index (χ0n) is 17.8. The first-order valence-corrected chi connectivity index (χ1v) is 10.7. The van der Waals surface area contributed by atoms with Crippen LogP contribution in [0.1, 0.15) is 32.1 Å². The van der Waals surface area contributed by atoms with Gasteiger partial charge in [0.1, 0.15) is 5.75 Å². The molecular formula is C22H30F3N3O3. The van der Waals surface area contributed by atoms with Crippen molar-refractivity contribution in [3.8, 4) is 5.75 Å². The summed E-state index contributed by atoms with van der Waals surface area (Å²) in [6.45, 7) is 1.19. The van der Waals surface area contributed by atoms with Crippen molar-refractivity contribution in [2.75, 3.05) is 45.3 Å². The van der Waals surface area contributed by atoms with Crippen molar-refractivity contribution >= 4 is 22.5 Å². The molecule has 0 saturated carbocycles. The summed E-state index contributed by atoms with van der Waals surface area (Å²) < 4.78 is 48.3. The predicted molar refractivity (Wildman–Crippen MR) is 113 cm³/mol. The standard InChI is InChI=1S/C22H30F3N3O3/c1-30-11-2-3-21(29)27-20-14-26-19-5-4-17(13-18(19)20)31-12-8-16-6-9-28(10-7-16)15-22(23,24)25/h4-5,13-14,16,26H,2-3,6-12,15H2,1H3,(H,27,29). The number of carbonyl (C=O) groups is 1. The maximum absolute atomic E-state index is 12.5. The van der Waals surface area contributed by atoms with Gasteiger partial charge < -0.3 is 19.8 Å². The van der Waals surface area contributed by atoms with Gasteiger partial charge in [0.05, 0.1) is 18.8 Å². The molecule has 1 aromatic heterocycles. The molecule has 1 aliphatic rings. The van der Waals surface area contributed by atoms with Crippen molar-refractivity contribution in [3.63, 3.8) is 0 Å². The first kappa shape index (κ1) is 23.4. The van der Waals surface area contributed by atoms with E-state index in [1.165, 1.54) is 4.90 Å². The normalized spacial score (nSPS) is 16.0. The third kappa shape index (κ3) is 7.43. The molecule has 9 heteroatoms. The predicted octanol–water partition coefficient (Wildman–Crippen LogP) is 4.58. The summed E-state index contributed by atoms with van der Waals surface area (Å²) in [7, 11) is 1.61. The second-order valence-corrected chi connectivity index (χ2v) is 8.03. The first-order chi connectivity index (χ1) is 14.8. The lowest BCUT2D eigenvalue weighted by molar-refractivity contribution is -0.148. The summed E-state index contributed by atoms with van der Waals surface area (Å²) in [4.78, 5) is 16.7. The van der Waals surface area contributed by atoms with E-state index in [1.807, 2.05) is 18.2 Å². The third-order valence-electron chi connectivity index (χ3n) is 5.58. The highest BCUT2D eigenvalue weighted by molar-refractivity contribution is 6.02. The van der Waals surface area contributed by atoms with E-state index >= 15 is 0 Å². The van der Waals surface area contributed by atoms with Gasteiger partial charge in [0, 0.05) is 37.2 Å². The summed E-state index contributed by atoms with van der Waals surface area (Å²) >= 11 is 0. The molecule has 0 unspecified atom stereocenters. The van der Waals surface area contributed by atoms with Gasteiger partial charge in [-0.2, -0.15) is 13.2 Å². The molecule has 1 aliphatic heterocycles. The number of aromatic nitrogens is 1. The van der Waals surface area contributed by atoms with Gasteiger partial charge in [0.2, 0.25) is 5.91 Å². The molecule has 1 amide bonds. The minimum Gasteiger partial charge on any atom is -0.494 e. The number of fused-ring (bicyclic) bond motifs is 1. The van der Waals surface area contributed by atoms with Gasteiger partial charge in [0.25, 0.3) is 0 Å². The van der Waals surface area contributed by atoms with E-state index in [9.17, 15) is 18.0 Å². The molecule has 0 radical (unpaired) electrons. The number of methoxy groups -OCH3 is 1. The van der Waals surface area contributed by atoms with Crippen molar-refractivity contribution < 1.29 is 27.4 Å². The van der Waals surface area contributed by atoms with E-state index in [-0.39, 0.29) is 5.91 Å². The SMILES string of the molecule is COCCCC(=O)Nc1c[nH]c2ccc(OCCC3CCN(CC(F)(F)F)CC3)cc12. The first-order valence-electron chi connectivity index (χ1n) is 10.7. The quantitative estimate of drug-likeness (QED) is 0.530. The second kappa shape index (κ2) is 10.9. The Kier molecular flexibility index (Phi) is 8.20. The fraction of sp³-hybridized carbons (Fsp3) is 0.591. The molecule has 0 atom stereocenters. The number of amides is 1. The largest absolute Gasteiger partial charge is 0.494 e. The smallest absolute Gasteiger partial charge is 0.401 e. The van der Waals surface area contributed by atoms with Crippen molar-refractivity contribution in [2.24, 2.45) is 5.92 Å². The van der Waals surface area contributed by atoms with Gasteiger partial charge in [-0.1, -0.05) is 0 Å². The van der Waals surface area contributed by atoms with E-state index in [0.717, 1.165) is 30.2 Å². The fourth-order valence-corrected chi connectivity index (χ4v) is 3.91. The van der Waals surface area contributed by atoms with Crippen LogP contribution in [0.3, 0.4) is 0 Å². The van der Waals surface area contributed by atoms with Crippen LogP contribution in [0.25, 0.3) is 10.9 Å². The number of alkyl halides is 3. The van der Waals surface area contributed by atoms with Crippen LogP contribution in [0.15, 0.2) is 24.4 Å². The van der Waals surface area contributed by atoms with Crippen LogP contribution < -0.4 is 10.1 Å². The van der Waals surface area contributed by atoms with E-state index in [1.54, 1.807) is 13.3 Å². The summed E-state index contributed by atoms with van der Waals surface area (Å²) in [5, 5.41) is 3.79. The van der Waals surface area contributed by atoms with Gasteiger partial charge in [-0.05, 0) is 62.9 Å². The number of H-pyrrole nitrogens is 1. The number of benzene rings is 1. The van der Waals surface area contributed by atoms with Gasteiger partial charge in [-0.25, -0.2) is 0 Å². The number of carbonyl (C=O) groups excluding carboxylic acids is 1. The molecule has 3 rings (SSSR count). The van der Waals surface area contributed by atoms with Crippen LogP contribution >= 0.6 is 0 Å². The molecule has 2 heterocycles. The van der Waals surface area contributed by atoms with Gasteiger partial charge in [0.15, 0.2) is 0 Å². The van der Waals surface area contributed by atoms with E-state index in [0.29, 0.717) is 56.5 Å². The fourth-order valence-electron chi connectivity index (χ4n) is 3.91. The highest BCUT2D eigenvalue weighted by atomic mass is 19.4. The van der Waals surface area contributed by atoms with Crippen LogP contribution in [0.4, 0.5) is 18.9 Å². The zero-order chi connectivity index (χ0) is 22.3. The van der Waals surface area contributed by atoms with Crippen LogP contribution in [0.2, 0.25) is 0 Å². The summed E-state index contributed by atoms with van der Waals surface area (Å²) in [6.07, 6.45) is 1.01. The Bertz CT molecular complexity index is 845. The average Bonchev–Trinajstić information content (AvgIpc) is 3.10. The van der Waals surface area contributed by atoms with Crippen molar-refractivity contribution in [1.82, 2.24) is 9.88 Å². The minimum atomic E-state index is -4.13. The maximum atomic E-state index is 12.5. The molecule has 0 spiro atoms. The number of nitrogens with zero attached hydrogens (tertiary/aromatic N) is 1. The zero-order valence-corrected chi connectivity index (χ0v) is 17.8. The van der Waals surface area contributed by atoms with Crippen LogP contribution in [-0.4, -0.2) is 61.9 Å². The Morgan fingerprint density at radius 1 is 1.26 bits per heavy atom. The maximum Gasteiger partial charge on any atom is 0.401 e. The third-order valence-corrected chi connectivity index (χ3v) is 5.58. The number of nitrogens with one attached hydrogen (secondary N) is 2. The number of hydrogen-bond donors (Lipinski definition) is 2. The molecule has 172 valence electrons. The van der Waals surface area contributed by atoms with E-state index < -0.39 is 12.7 Å². The summed E-state index contributed by atoms with van der Waals surface area (Å²) in [5.74, 6) is 1.01. The van der Waals surface area contributed by atoms with E-state index in [2.05, 4.69) is 10.3 Å². The number of likely N-dealkylation sites (tertiary alicyclic amines) is 1. The highest BCUT2D eigenvalue weighted by Gasteiger charge is 2.32. The van der Waals surface area contributed by atoms with Crippen molar-refractivity contribution in [1.29, 1.82) is 0 Å². The molecule has 1 saturated heterocycles. The average molecular weight is 441 g/mol. The molecule has 1 aromatic carbocycles. The number of aromatic amines is 1. The minimum absolute atomic E-state index is 0.0684. The van der Waals surface area contributed by atoms with Crippen LogP contribution in [0, 0.1) is 5.92 Å². The molecule has 2 aromatic rings. The van der Waals surface area contributed by atoms with Crippen molar-refractivity contribution in [3.05, 3.63) is 24.4 Å². The molecular weight excluding hydrogens is 411 g/mol. The second-order valence-electron chi connectivity index (χ2n) is 8.03. The van der Waals surface area contributed by atoms with Gasteiger partial charge in [-0.3, -0.25) is 9.69 Å². The molecule has 6 nitrogen and oxygen atoms in total. The lowest BCUT2D eigenvalue weighted by Gasteiger charge is -2.32. The van der Waals surface area contributed by atoms with Crippen LogP contribution in [0.5, 0.6) is 5.75 Å². The Labute approximate surface area is 180 Å². The summed E-state index contributed by atoms with van der Waals surface area (Å²) in [5.41, 5.74) is 1.61. The number of rotatable bonds is 10. The van der Waals surface area contributed by atoms with Gasteiger partial charge in [-0.15, -0.1) is 0 Å². The lowest BCUT2D eigenvalue weighted by atomic mass is 9.94. The highest BCUT2D eigenvalue weighted by Crippen LogP contribution is 2.29. The monoisotopic (exact) mass is 441 g/mol. The Morgan fingerprint density at radius 2 is 2.03 bits per heavy atom. The molecule has 1 fully saturated rings. The number of halogens is 3. The lowest BCUT2D eigenvalue weighted by Crippen LogP contribution is -2.40. The molecule has 0 bridgehead atoms. The number of hydrogen-bond acceptors (Lipinski definition) is 4. The van der Waals surface area contributed by atoms with Crippen LogP contribution in [-0.2, 0) is 9.53 Å². The molecule has 2 N–H and O–H groups in total. The number of piperidine rings is 1. The number of ether oxygens (including phenoxy) is 2. The molecule has 0 aliphatic carbocycles. The topological polar surface area (TPSA) is 66.6 Å². The summed E-state index contributed by atoms with van der Waals surface area (Å²) in [6, 6.07) is 5.67. The Morgan fingerprint density at radius 3 is 2.74 bits per heavy atom. The Balaban J connectivity index is 1.46. The molecule has 31 heavy (non-hydrogen) atoms.